The number of benzene rings is 1. The van der Waals surface area contributed by atoms with E-state index < -0.39 is 0 Å². The zero-order chi connectivity index (χ0) is 10.7. The van der Waals surface area contributed by atoms with Gasteiger partial charge in [0.25, 0.3) is 0 Å². The Labute approximate surface area is 88.6 Å². The zero-order valence-electron chi connectivity index (χ0n) is 8.53. The minimum atomic E-state index is 0.214. The first kappa shape index (κ1) is 10.1. The zero-order valence-corrected chi connectivity index (χ0v) is 8.53. The van der Waals surface area contributed by atoms with Crippen LogP contribution in [0.15, 0.2) is 12.1 Å². The van der Waals surface area contributed by atoms with Crippen molar-refractivity contribution >= 4 is 0 Å². The Hall–Kier alpha value is -1.42. The summed E-state index contributed by atoms with van der Waals surface area (Å²) >= 11 is 0. The monoisotopic (exact) mass is 209 g/mol. The van der Waals surface area contributed by atoms with Gasteiger partial charge in [0.1, 0.15) is 19.0 Å². The second-order valence-corrected chi connectivity index (χ2v) is 3.52. The molecule has 0 unspecified atom stereocenters. The molecule has 0 atom stereocenters. The molecule has 4 heteroatoms. The summed E-state index contributed by atoms with van der Waals surface area (Å²) in [6.45, 7) is 1.73. The number of phenols is 1. The van der Waals surface area contributed by atoms with Gasteiger partial charge in [0, 0.05) is 11.6 Å². The van der Waals surface area contributed by atoms with Crippen molar-refractivity contribution in [2.24, 2.45) is 5.73 Å². The number of nitrogens with two attached hydrogens (primary N) is 1. The normalized spacial score (nSPS) is 13.9. The van der Waals surface area contributed by atoms with Gasteiger partial charge in [-0.2, -0.15) is 0 Å². The molecule has 2 rings (SSSR count). The number of fused-ring (bicyclic) bond motifs is 1. The average molecular weight is 209 g/mol. The van der Waals surface area contributed by atoms with Crippen molar-refractivity contribution in [3.05, 3.63) is 17.7 Å². The van der Waals surface area contributed by atoms with Crippen LogP contribution >= 0.6 is 0 Å². The number of rotatable bonds is 3. The molecular formula is C11H15NO3. The van der Waals surface area contributed by atoms with Gasteiger partial charge in [-0.15, -0.1) is 0 Å². The van der Waals surface area contributed by atoms with Crippen LogP contribution in [-0.2, 0) is 6.42 Å². The molecule has 1 heterocycles. The molecule has 0 aliphatic carbocycles. The fourth-order valence-electron chi connectivity index (χ4n) is 1.69. The van der Waals surface area contributed by atoms with Crippen molar-refractivity contribution in [3.63, 3.8) is 0 Å². The van der Waals surface area contributed by atoms with Gasteiger partial charge in [-0.05, 0) is 25.5 Å². The lowest BCUT2D eigenvalue weighted by atomic mass is 10.1. The molecule has 0 amide bonds. The smallest absolute Gasteiger partial charge is 0.165 e. The number of hydrogen-bond acceptors (Lipinski definition) is 4. The Balaban J connectivity index is 2.30. The molecule has 15 heavy (non-hydrogen) atoms. The predicted molar refractivity (Wildman–Crippen MR) is 56.5 cm³/mol. The van der Waals surface area contributed by atoms with Crippen molar-refractivity contribution in [1.82, 2.24) is 0 Å². The van der Waals surface area contributed by atoms with E-state index in [0.29, 0.717) is 25.5 Å². The summed E-state index contributed by atoms with van der Waals surface area (Å²) in [7, 11) is 0. The maximum Gasteiger partial charge on any atom is 0.165 e. The first-order valence-electron chi connectivity index (χ1n) is 5.13. The topological polar surface area (TPSA) is 64.7 Å². The molecule has 0 saturated carbocycles. The lowest BCUT2D eigenvalue weighted by Crippen LogP contribution is -2.16. The Bertz CT molecular complexity index is 352. The Morgan fingerprint density at radius 2 is 2.07 bits per heavy atom. The van der Waals surface area contributed by atoms with Crippen molar-refractivity contribution in [2.75, 3.05) is 19.8 Å². The number of hydrogen-bond donors (Lipinski definition) is 2. The van der Waals surface area contributed by atoms with Crippen LogP contribution in [0.1, 0.15) is 12.0 Å². The lowest BCUT2D eigenvalue weighted by Gasteiger charge is -2.21. The molecule has 0 fully saturated rings. The molecule has 1 aliphatic heterocycles. The summed E-state index contributed by atoms with van der Waals surface area (Å²) in [4.78, 5) is 0. The quantitative estimate of drug-likeness (QED) is 0.781. The highest BCUT2D eigenvalue weighted by Crippen LogP contribution is 2.37. The second-order valence-electron chi connectivity index (χ2n) is 3.52. The highest BCUT2D eigenvalue weighted by molar-refractivity contribution is 5.52. The van der Waals surface area contributed by atoms with E-state index in [0.717, 1.165) is 24.2 Å². The van der Waals surface area contributed by atoms with E-state index in [-0.39, 0.29) is 5.75 Å². The third kappa shape index (κ3) is 2.15. The van der Waals surface area contributed by atoms with E-state index in [2.05, 4.69) is 0 Å². The minimum absolute atomic E-state index is 0.214. The van der Waals surface area contributed by atoms with Crippen LogP contribution in [0, 0.1) is 0 Å². The van der Waals surface area contributed by atoms with E-state index in [1.54, 1.807) is 12.1 Å². The van der Waals surface area contributed by atoms with Crippen molar-refractivity contribution < 1.29 is 14.6 Å². The van der Waals surface area contributed by atoms with Gasteiger partial charge >= 0.3 is 0 Å². The molecule has 0 radical (unpaired) electrons. The predicted octanol–water partition coefficient (Wildman–Crippen LogP) is 1.05. The van der Waals surface area contributed by atoms with Crippen LogP contribution in [0.3, 0.4) is 0 Å². The van der Waals surface area contributed by atoms with Crippen LogP contribution in [0.4, 0.5) is 0 Å². The SMILES string of the molecule is NCCCc1cc(O)cc2c1OCCO2. The molecule has 4 nitrogen and oxygen atoms in total. The third-order valence-corrected chi connectivity index (χ3v) is 2.35. The molecule has 0 spiro atoms. The molecule has 1 aromatic rings. The number of aromatic hydroxyl groups is 1. The highest BCUT2D eigenvalue weighted by atomic mass is 16.6. The molecular weight excluding hydrogens is 194 g/mol. The summed E-state index contributed by atoms with van der Waals surface area (Å²) in [5, 5.41) is 9.50. The fraction of sp³-hybridized carbons (Fsp3) is 0.455. The van der Waals surface area contributed by atoms with Gasteiger partial charge in [0.05, 0.1) is 0 Å². The number of aryl methyl sites for hydroxylation is 1. The number of ether oxygens (including phenoxy) is 2. The average Bonchev–Trinajstić information content (AvgIpc) is 2.25. The van der Waals surface area contributed by atoms with Crippen molar-refractivity contribution in [3.8, 4) is 17.2 Å². The molecule has 0 aromatic heterocycles. The molecule has 0 saturated heterocycles. The first-order chi connectivity index (χ1) is 7.31. The molecule has 1 aliphatic rings. The van der Waals surface area contributed by atoms with Crippen LogP contribution < -0.4 is 15.2 Å². The van der Waals surface area contributed by atoms with Crippen molar-refractivity contribution in [1.29, 1.82) is 0 Å². The Morgan fingerprint density at radius 1 is 1.27 bits per heavy atom. The first-order valence-corrected chi connectivity index (χ1v) is 5.13. The standard InChI is InChI=1S/C11H15NO3/c12-3-1-2-8-6-9(13)7-10-11(8)15-5-4-14-10/h6-7,13H,1-5,12H2. The highest BCUT2D eigenvalue weighted by Gasteiger charge is 2.16. The maximum atomic E-state index is 9.50. The second kappa shape index (κ2) is 4.40. The minimum Gasteiger partial charge on any atom is -0.508 e. The molecule has 3 N–H and O–H groups in total. The van der Waals surface area contributed by atoms with Crippen LogP contribution in [0.2, 0.25) is 0 Å². The summed E-state index contributed by atoms with van der Waals surface area (Å²) in [6.07, 6.45) is 1.68. The van der Waals surface area contributed by atoms with Gasteiger partial charge in [-0.1, -0.05) is 0 Å². The van der Waals surface area contributed by atoms with E-state index >= 15 is 0 Å². The molecule has 1 aromatic carbocycles. The Morgan fingerprint density at radius 3 is 2.87 bits per heavy atom. The lowest BCUT2D eigenvalue weighted by molar-refractivity contribution is 0.169. The van der Waals surface area contributed by atoms with Crippen LogP contribution in [-0.4, -0.2) is 24.9 Å². The maximum absolute atomic E-state index is 9.50. The van der Waals surface area contributed by atoms with Crippen molar-refractivity contribution in [2.45, 2.75) is 12.8 Å². The number of phenolic OH excluding ortho intramolecular Hbond substituents is 1. The van der Waals surface area contributed by atoms with Crippen LogP contribution in [0.25, 0.3) is 0 Å². The fourth-order valence-corrected chi connectivity index (χ4v) is 1.69. The molecule has 0 bridgehead atoms. The largest absolute Gasteiger partial charge is 0.508 e. The molecule has 82 valence electrons. The van der Waals surface area contributed by atoms with E-state index in [4.69, 9.17) is 15.2 Å². The third-order valence-electron chi connectivity index (χ3n) is 2.35. The van der Waals surface area contributed by atoms with Gasteiger partial charge < -0.3 is 20.3 Å². The summed E-state index contributed by atoms with van der Waals surface area (Å²) in [5.74, 6) is 1.60. The van der Waals surface area contributed by atoms with Crippen LogP contribution in [0.5, 0.6) is 17.2 Å². The Kier molecular flexibility index (Phi) is 2.97. The summed E-state index contributed by atoms with van der Waals surface area (Å²) in [5.41, 5.74) is 6.42. The van der Waals surface area contributed by atoms with Gasteiger partial charge in [0.15, 0.2) is 11.5 Å². The summed E-state index contributed by atoms with van der Waals surface area (Å²) in [6, 6.07) is 3.30. The van der Waals surface area contributed by atoms with Gasteiger partial charge in [-0.3, -0.25) is 0 Å². The summed E-state index contributed by atoms with van der Waals surface area (Å²) < 4.78 is 10.9. The van der Waals surface area contributed by atoms with Gasteiger partial charge in [-0.25, -0.2) is 0 Å². The van der Waals surface area contributed by atoms with E-state index in [1.165, 1.54) is 0 Å². The van der Waals surface area contributed by atoms with E-state index in [1.807, 2.05) is 0 Å². The van der Waals surface area contributed by atoms with E-state index in [9.17, 15) is 5.11 Å². The van der Waals surface area contributed by atoms with Gasteiger partial charge in [0.2, 0.25) is 0 Å².